The summed E-state index contributed by atoms with van der Waals surface area (Å²) in [6.07, 6.45) is 1.56. The molecule has 0 bridgehead atoms. The molecular weight excluding hydrogens is 274 g/mol. The third kappa shape index (κ3) is 4.00. The van der Waals surface area contributed by atoms with Crippen molar-refractivity contribution in [2.24, 2.45) is 0 Å². The van der Waals surface area contributed by atoms with Gasteiger partial charge < -0.3 is 0 Å². The van der Waals surface area contributed by atoms with Gasteiger partial charge >= 0.3 is 0 Å². The van der Waals surface area contributed by atoms with E-state index in [1.165, 1.54) is 16.2 Å². The second-order valence-corrected chi connectivity index (χ2v) is 6.60. The van der Waals surface area contributed by atoms with Gasteiger partial charge in [0.05, 0.1) is 4.88 Å². The molecule has 102 valence electrons. The Kier molecular flexibility index (Phi) is 5.31. The Labute approximate surface area is 122 Å². The lowest BCUT2D eigenvalue weighted by molar-refractivity contribution is 0.0978. The molecule has 2 rings (SSSR count). The van der Waals surface area contributed by atoms with E-state index in [-0.39, 0.29) is 5.78 Å². The Balaban J connectivity index is 1.75. The molecule has 1 atom stereocenters. The van der Waals surface area contributed by atoms with E-state index in [0.717, 1.165) is 17.8 Å². The number of thiophene rings is 2. The first-order valence-electron chi connectivity index (χ1n) is 6.49. The summed E-state index contributed by atoms with van der Waals surface area (Å²) >= 11 is 3.32. The van der Waals surface area contributed by atoms with Crippen LogP contribution in [0.25, 0.3) is 0 Å². The molecule has 0 N–H and O–H groups in total. The van der Waals surface area contributed by atoms with Crippen LogP contribution in [-0.2, 0) is 0 Å². The topological polar surface area (TPSA) is 20.3 Å². The fourth-order valence-electron chi connectivity index (χ4n) is 1.99. The van der Waals surface area contributed by atoms with Gasteiger partial charge in [-0.1, -0.05) is 12.1 Å². The lowest BCUT2D eigenvalue weighted by atomic mass is 10.1. The summed E-state index contributed by atoms with van der Waals surface area (Å²) in [5.74, 6) is 0.271. The van der Waals surface area contributed by atoms with Crippen molar-refractivity contribution >= 4 is 28.5 Å². The van der Waals surface area contributed by atoms with Crippen molar-refractivity contribution < 1.29 is 4.79 Å². The summed E-state index contributed by atoms with van der Waals surface area (Å²) in [6, 6.07) is 8.53. The monoisotopic (exact) mass is 293 g/mol. The number of hydrogen-bond acceptors (Lipinski definition) is 4. The van der Waals surface area contributed by atoms with Crippen LogP contribution in [0.5, 0.6) is 0 Å². The quantitative estimate of drug-likeness (QED) is 0.702. The fraction of sp³-hybridized carbons (Fsp3) is 0.400. The van der Waals surface area contributed by atoms with Crippen LogP contribution in [0.2, 0.25) is 0 Å². The molecule has 2 aromatic heterocycles. The van der Waals surface area contributed by atoms with Crippen LogP contribution >= 0.6 is 22.7 Å². The van der Waals surface area contributed by atoms with E-state index in [2.05, 4.69) is 36.4 Å². The summed E-state index contributed by atoms with van der Waals surface area (Å²) < 4.78 is 0. The van der Waals surface area contributed by atoms with Crippen molar-refractivity contribution in [3.05, 3.63) is 44.8 Å². The van der Waals surface area contributed by atoms with Gasteiger partial charge in [-0.3, -0.25) is 9.69 Å². The van der Waals surface area contributed by atoms with E-state index in [1.807, 2.05) is 17.5 Å². The second kappa shape index (κ2) is 6.98. The Morgan fingerprint density at radius 2 is 2.00 bits per heavy atom. The first-order valence-corrected chi connectivity index (χ1v) is 8.24. The predicted octanol–water partition coefficient (Wildman–Crippen LogP) is 4.47. The van der Waals surface area contributed by atoms with E-state index >= 15 is 0 Å². The molecule has 0 saturated carbocycles. The average molecular weight is 293 g/mol. The van der Waals surface area contributed by atoms with Crippen molar-refractivity contribution in [1.29, 1.82) is 0 Å². The van der Waals surface area contributed by atoms with Gasteiger partial charge in [-0.15, -0.1) is 22.7 Å². The van der Waals surface area contributed by atoms with Gasteiger partial charge in [0.25, 0.3) is 0 Å². The van der Waals surface area contributed by atoms with Crippen LogP contribution in [0.1, 0.15) is 40.4 Å². The van der Waals surface area contributed by atoms with Crippen LogP contribution in [0.4, 0.5) is 0 Å². The molecule has 2 nitrogen and oxygen atoms in total. The van der Waals surface area contributed by atoms with Crippen molar-refractivity contribution in [3.63, 3.8) is 0 Å². The maximum absolute atomic E-state index is 11.9. The van der Waals surface area contributed by atoms with Gasteiger partial charge in [-0.25, -0.2) is 0 Å². The van der Waals surface area contributed by atoms with E-state index in [9.17, 15) is 4.79 Å². The first kappa shape index (κ1) is 14.4. The van der Waals surface area contributed by atoms with Crippen molar-refractivity contribution in [2.75, 3.05) is 13.6 Å². The molecule has 2 heterocycles. The molecule has 0 aliphatic carbocycles. The molecule has 19 heavy (non-hydrogen) atoms. The van der Waals surface area contributed by atoms with E-state index in [0.29, 0.717) is 12.5 Å². The molecule has 0 amide bonds. The largest absolute Gasteiger partial charge is 0.299 e. The van der Waals surface area contributed by atoms with Gasteiger partial charge in [0.1, 0.15) is 0 Å². The van der Waals surface area contributed by atoms with E-state index < -0.39 is 0 Å². The van der Waals surface area contributed by atoms with Gasteiger partial charge in [0.15, 0.2) is 5.78 Å². The van der Waals surface area contributed by atoms with Crippen molar-refractivity contribution in [3.8, 4) is 0 Å². The lowest BCUT2D eigenvalue weighted by Crippen LogP contribution is -2.23. The van der Waals surface area contributed by atoms with Gasteiger partial charge in [0.2, 0.25) is 0 Å². The lowest BCUT2D eigenvalue weighted by Gasteiger charge is -2.23. The van der Waals surface area contributed by atoms with Gasteiger partial charge in [-0.2, -0.15) is 0 Å². The van der Waals surface area contributed by atoms with Gasteiger partial charge in [-0.05, 0) is 49.8 Å². The molecule has 0 fully saturated rings. The van der Waals surface area contributed by atoms with Gasteiger partial charge in [0, 0.05) is 17.3 Å². The van der Waals surface area contributed by atoms with Crippen LogP contribution in [-0.4, -0.2) is 24.3 Å². The summed E-state index contributed by atoms with van der Waals surface area (Å²) in [5, 5.41) is 4.07. The number of nitrogens with zero attached hydrogens (tertiary/aromatic N) is 1. The maximum atomic E-state index is 11.9. The summed E-state index contributed by atoms with van der Waals surface area (Å²) in [4.78, 5) is 16.5. The minimum Gasteiger partial charge on any atom is -0.299 e. The minimum absolute atomic E-state index is 0.271. The normalized spacial score (nSPS) is 12.8. The number of carbonyl (C=O) groups is 1. The SMILES string of the molecule is CC(c1cccs1)N(C)CCCC(=O)c1cccs1. The number of ketones is 1. The van der Waals surface area contributed by atoms with Crippen molar-refractivity contribution in [1.82, 2.24) is 4.90 Å². The maximum Gasteiger partial charge on any atom is 0.172 e. The molecule has 0 radical (unpaired) electrons. The highest BCUT2D eigenvalue weighted by Crippen LogP contribution is 2.23. The molecule has 1 unspecified atom stereocenters. The molecule has 0 saturated heterocycles. The Morgan fingerprint density at radius 3 is 2.63 bits per heavy atom. The standard InChI is InChI=1S/C15H19NOS2/c1-12(14-7-4-10-18-14)16(2)9-3-6-13(17)15-8-5-11-19-15/h4-5,7-8,10-12H,3,6,9H2,1-2H3. The zero-order valence-electron chi connectivity index (χ0n) is 11.3. The van der Waals surface area contributed by atoms with Crippen LogP contribution < -0.4 is 0 Å². The highest BCUT2D eigenvalue weighted by molar-refractivity contribution is 7.12. The zero-order chi connectivity index (χ0) is 13.7. The Morgan fingerprint density at radius 1 is 1.26 bits per heavy atom. The third-order valence-electron chi connectivity index (χ3n) is 3.33. The highest BCUT2D eigenvalue weighted by atomic mass is 32.1. The summed E-state index contributed by atoms with van der Waals surface area (Å²) in [6.45, 7) is 3.17. The zero-order valence-corrected chi connectivity index (χ0v) is 13.0. The number of hydrogen-bond donors (Lipinski definition) is 0. The molecule has 2 aromatic rings. The van der Waals surface area contributed by atoms with E-state index in [1.54, 1.807) is 11.3 Å². The highest BCUT2D eigenvalue weighted by Gasteiger charge is 2.13. The van der Waals surface area contributed by atoms with Crippen LogP contribution in [0, 0.1) is 0 Å². The minimum atomic E-state index is 0.271. The second-order valence-electron chi connectivity index (χ2n) is 4.68. The molecule has 0 spiro atoms. The summed E-state index contributed by atoms with van der Waals surface area (Å²) in [5.41, 5.74) is 0. The fourth-order valence-corrected chi connectivity index (χ4v) is 3.53. The average Bonchev–Trinajstić information content (AvgIpc) is 3.10. The Hall–Kier alpha value is -0.970. The van der Waals surface area contributed by atoms with Crippen LogP contribution in [0.15, 0.2) is 35.0 Å². The third-order valence-corrected chi connectivity index (χ3v) is 5.28. The Bertz CT molecular complexity index is 490. The smallest absolute Gasteiger partial charge is 0.172 e. The van der Waals surface area contributed by atoms with Crippen molar-refractivity contribution in [2.45, 2.75) is 25.8 Å². The molecule has 0 aliphatic rings. The molecular formula is C15H19NOS2. The summed E-state index contributed by atoms with van der Waals surface area (Å²) in [7, 11) is 2.13. The van der Waals surface area contributed by atoms with E-state index in [4.69, 9.17) is 0 Å². The molecule has 4 heteroatoms. The number of rotatable bonds is 7. The molecule has 0 aliphatic heterocycles. The predicted molar refractivity (Wildman–Crippen MR) is 83.2 cm³/mol. The van der Waals surface area contributed by atoms with Crippen LogP contribution in [0.3, 0.4) is 0 Å². The number of Topliss-reactive ketones (excluding diaryl/α,β-unsaturated/α-hetero) is 1. The molecule has 0 aromatic carbocycles. The number of carbonyl (C=O) groups excluding carboxylic acids is 1. The first-order chi connectivity index (χ1) is 9.18.